The van der Waals surface area contributed by atoms with Gasteiger partial charge in [0.2, 0.25) is 0 Å². The number of aromatic nitrogens is 3. The second kappa shape index (κ2) is 8.80. The number of hydrogen-bond acceptors (Lipinski definition) is 5. The van der Waals surface area contributed by atoms with Crippen molar-refractivity contribution in [1.82, 2.24) is 20.1 Å². The van der Waals surface area contributed by atoms with E-state index in [0.717, 1.165) is 37.0 Å². The molecule has 1 fully saturated rings. The molecule has 3 rings (SSSR count). The van der Waals surface area contributed by atoms with E-state index in [-0.39, 0.29) is 18.6 Å². The molecule has 1 aliphatic rings. The summed E-state index contributed by atoms with van der Waals surface area (Å²) in [4.78, 5) is 19.1. The lowest BCUT2D eigenvalue weighted by Gasteiger charge is -2.34. The molecule has 1 saturated heterocycles. The van der Waals surface area contributed by atoms with Gasteiger partial charge in [-0.25, -0.2) is 4.98 Å². The van der Waals surface area contributed by atoms with Crippen LogP contribution in [0, 0.1) is 0 Å². The summed E-state index contributed by atoms with van der Waals surface area (Å²) >= 11 is 0. The van der Waals surface area contributed by atoms with Gasteiger partial charge in [-0.05, 0) is 37.3 Å². The molecule has 1 amide bonds. The van der Waals surface area contributed by atoms with Crippen molar-refractivity contribution in [2.24, 2.45) is 0 Å². The summed E-state index contributed by atoms with van der Waals surface area (Å²) < 4.78 is 10.9. The fourth-order valence-electron chi connectivity index (χ4n) is 3.32. The summed E-state index contributed by atoms with van der Waals surface area (Å²) in [5, 5.41) is 7.17. The van der Waals surface area contributed by atoms with Crippen molar-refractivity contribution in [2.75, 3.05) is 20.3 Å². The van der Waals surface area contributed by atoms with Gasteiger partial charge in [0, 0.05) is 13.7 Å². The van der Waals surface area contributed by atoms with Gasteiger partial charge in [0.25, 0.3) is 5.91 Å². The number of hydrogen-bond donors (Lipinski definition) is 1. The van der Waals surface area contributed by atoms with E-state index in [9.17, 15) is 4.79 Å². The molecule has 1 aromatic heterocycles. The number of para-hydroxylation sites is 1. The molecule has 0 saturated carbocycles. The van der Waals surface area contributed by atoms with Crippen LogP contribution in [0.4, 0.5) is 0 Å². The molecule has 7 heteroatoms. The first-order valence-corrected chi connectivity index (χ1v) is 9.13. The lowest BCUT2D eigenvalue weighted by atomic mass is 10.0. The SMILES string of the molecule is CCc1ccccc1OCC(=O)N1CCCCC1c1n[nH]c(COC)n1. The van der Waals surface area contributed by atoms with Crippen LogP contribution in [0.3, 0.4) is 0 Å². The van der Waals surface area contributed by atoms with Crippen molar-refractivity contribution in [3.8, 4) is 5.75 Å². The third kappa shape index (κ3) is 4.22. The number of aryl methyl sites for hydroxylation is 1. The number of piperidine rings is 1. The van der Waals surface area contributed by atoms with Gasteiger partial charge in [-0.15, -0.1) is 0 Å². The Hall–Kier alpha value is -2.41. The van der Waals surface area contributed by atoms with Gasteiger partial charge in [-0.3, -0.25) is 9.89 Å². The minimum atomic E-state index is -0.108. The minimum absolute atomic E-state index is 0.0290. The van der Waals surface area contributed by atoms with Gasteiger partial charge < -0.3 is 14.4 Å². The molecule has 0 radical (unpaired) electrons. The number of methoxy groups -OCH3 is 1. The molecule has 1 aromatic carbocycles. The Balaban J connectivity index is 1.67. The average Bonchev–Trinajstić information content (AvgIpc) is 3.15. The highest BCUT2D eigenvalue weighted by Gasteiger charge is 2.31. The van der Waals surface area contributed by atoms with Crippen LogP contribution < -0.4 is 4.74 Å². The average molecular weight is 358 g/mol. The van der Waals surface area contributed by atoms with Crippen LogP contribution in [-0.4, -0.2) is 46.2 Å². The summed E-state index contributed by atoms with van der Waals surface area (Å²) in [5.41, 5.74) is 1.11. The van der Waals surface area contributed by atoms with E-state index in [1.807, 2.05) is 29.2 Å². The molecule has 1 N–H and O–H groups in total. The van der Waals surface area contributed by atoms with E-state index in [4.69, 9.17) is 9.47 Å². The van der Waals surface area contributed by atoms with Crippen LogP contribution in [0.5, 0.6) is 5.75 Å². The Morgan fingerprint density at radius 1 is 1.35 bits per heavy atom. The van der Waals surface area contributed by atoms with E-state index in [1.165, 1.54) is 0 Å². The lowest BCUT2D eigenvalue weighted by Crippen LogP contribution is -2.41. The van der Waals surface area contributed by atoms with Crippen molar-refractivity contribution >= 4 is 5.91 Å². The normalized spacial score (nSPS) is 17.3. The van der Waals surface area contributed by atoms with Gasteiger partial charge in [0.1, 0.15) is 12.4 Å². The van der Waals surface area contributed by atoms with E-state index < -0.39 is 0 Å². The first kappa shape index (κ1) is 18.4. The summed E-state index contributed by atoms with van der Waals surface area (Å²) in [6.07, 6.45) is 3.78. The molecule has 2 aromatic rings. The van der Waals surface area contributed by atoms with Crippen LogP contribution in [0.25, 0.3) is 0 Å². The van der Waals surface area contributed by atoms with Gasteiger partial charge in [0.15, 0.2) is 18.3 Å². The monoisotopic (exact) mass is 358 g/mol. The quantitative estimate of drug-likeness (QED) is 0.823. The molecule has 0 aliphatic carbocycles. The topological polar surface area (TPSA) is 80.3 Å². The molecular weight excluding hydrogens is 332 g/mol. The Kier molecular flexibility index (Phi) is 6.22. The number of rotatable bonds is 7. The Morgan fingerprint density at radius 3 is 3.00 bits per heavy atom. The molecule has 1 aliphatic heterocycles. The van der Waals surface area contributed by atoms with Crippen molar-refractivity contribution in [3.05, 3.63) is 41.5 Å². The number of amides is 1. The standard InChI is InChI=1S/C19H26N4O3/c1-3-14-8-4-5-10-16(14)26-13-18(24)23-11-7-6-9-15(23)19-20-17(12-25-2)21-22-19/h4-5,8,10,15H,3,6-7,9,11-13H2,1-2H3,(H,20,21,22). The number of carbonyl (C=O) groups excluding carboxylic acids is 1. The zero-order valence-corrected chi connectivity index (χ0v) is 15.4. The zero-order chi connectivity index (χ0) is 18.4. The molecule has 0 bridgehead atoms. The Morgan fingerprint density at radius 2 is 2.19 bits per heavy atom. The van der Waals surface area contributed by atoms with Crippen molar-refractivity contribution in [3.63, 3.8) is 0 Å². The highest BCUT2D eigenvalue weighted by Crippen LogP contribution is 2.29. The van der Waals surface area contributed by atoms with Crippen molar-refractivity contribution in [2.45, 2.75) is 45.3 Å². The van der Waals surface area contributed by atoms with E-state index >= 15 is 0 Å². The molecule has 0 spiro atoms. The van der Waals surface area contributed by atoms with Crippen LogP contribution in [0.2, 0.25) is 0 Å². The number of likely N-dealkylation sites (tertiary alicyclic amines) is 1. The number of nitrogens with one attached hydrogen (secondary N) is 1. The fourth-order valence-corrected chi connectivity index (χ4v) is 3.32. The molecule has 26 heavy (non-hydrogen) atoms. The molecular formula is C19H26N4O3. The van der Waals surface area contributed by atoms with Gasteiger partial charge in [-0.2, -0.15) is 5.10 Å². The zero-order valence-electron chi connectivity index (χ0n) is 15.4. The Bertz CT molecular complexity index is 731. The number of benzene rings is 1. The summed E-state index contributed by atoms with van der Waals surface area (Å²) in [7, 11) is 1.62. The predicted molar refractivity (Wildman–Crippen MR) is 96.7 cm³/mol. The van der Waals surface area contributed by atoms with Gasteiger partial charge in [-0.1, -0.05) is 25.1 Å². The maximum Gasteiger partial charge on any atom is 0.261 e. The van der Waals surface area contributed by atoms with E-state index in [0.29, 0.717) is 24.8 Å². The number of H-pyrrole nitrogens is 1. The van der Waals surface area contributed by atoms with Gasteiger partial charge >= 0.3 is 0 Å². The molecule has 140 valence electrons. The van der Waals surface area contributed by atoms with Crippen molar-refractivity contribution in [1.29, 1.82) is 0 Å². The summed E-state index contributed by atoms with van der Waals surface area (Å²) in [6, 6.07) is 7.73. The highest BCUT2D eigenvalue weighted by molar-refractivity contribution is 5.78. The summed E-state index contributed by atoms with van der Waals surface area (Å²) in [6.45, 7) is 3.19. The van der Waals surface area contributed by atoms with Crippen LogP contribution >= 0.6 is 0 Å². The third-order valence-corrected chi connectivity index (χ3v) is 4.66. The van der Waals surface area contributed by atoms with Crippen LogP contribution in [-0.2, 0) is 22.6 Å². The first-order chi connectivity index (χ1) is 12.7. The molecule has 7 nitrogen and oxygen atoms in total. The van der Waals surface area contributed by atoms with Gasteiger partial charge in [0.05, 0.1) is 6.04 Å². The second-order valence-corrected chi connectivity index (χ2v) is 6.42. The molecule has 2 heterocycles. The van der Waals surface area contributed by atoms with E-state index in [2.05, 4.69) is 22.1 Å². The Labute approximate surface area is 153 Å². The highest BCUT2D eigenvalue weighted by atomic mass is 16.5. The maximum atomic E-state index is 12.8. The van der Waals surface area contributed by atoms with Crippen molar-refractivity contribution < 1.29 is 14.3 Å². The number of aromatic amines is 1. The fraction of sp³-hybridized carbons (Fsp3) is 0.526. The van der Waals surface area contributed by atoms with Crippen LogP contribution in [0.15, 0.2) is 24.3 Å². The second-order valence-electron chi connectivity index (χ2n) is 6.42. The number of ether oxygens (including phenoxy) is 2. The predicted octanol–water partition coefficient (Wildman–Crippen LogP) is 2.65. The van der Waals surface area contributed by atoms with E-state index in [1.54, 1.807) is 7.11 Å². The third-order valence-electron chi connectivity index (χ3n) is 4.66. The molecule has 1 unspecified atom stereocenters. The summed E-state index contributed by atoms with van der Waals surface area (Å²) in [5.74, 6) is 2.07. The smallest absolute Gasteiger partial charge is 0.261 e. The number of nitrogens with zero attached hydrogens (tertiary/aromatic N) is 3. The van der Waals surface area contributed by atoms with Crippen LogP contribution in [0.1, 0.15) is 49.4 Å². The lowest BCUT2D eigenvalue weighted by molar-refractivity contribution is -0.137. The number of carbonyl (C=O) groups is 1. The maximum absolute atomic E-state index is 12.8. The minimum Gasteiger partial charge on any atom is -0.483 e. The first-order valence-electron chi connectivity index (χ1n) is 9.13. The largest absolute Gasteiger partial charge is 0.483 e. The molecule has 1 atom stereocenters.